The molecular formula is C98H179N5O42Pt5. The number of aliphatic carboxylic acids is 17. The van der Waals surface area contributed by atoms with Gasteiger partial charge in [-0.2, -0.15) is 59.8 Å². The number of esters is 1. The molecule has 0 saturated heterocycles. The molecule has 5 saturated carbocycles. The first-order valence-corrected chi connectivity index (χ1v) is 45.9. The van der Waals surface area contributed by atoms with Crippen LogP contribution in [-0.4, -0.2) is 281 Å². The molecule has 0 unspecified atom stereocenters. The van der Waals surface area contributed by atoms with Gasteiger partial charge >= 0.3 is 207 Å². The van der Waals surface area contributed by atoms with Crippen LogP contribution in [0.25, 0.3) is 28.7 Å². The molecule has 47 nitrogen and oxygen atoms in total. The molecule has 5 aliphatic rings. The maximum atomic E-state index is 11.1. The van der Waals surface area contributed by atoms with Crippen molar-refractivity contribution < 1.29 is 313 Å². The predicted molar refractivity (Wildman–Crippen MR) is 540 cm³/mol. The Kier molecular flexibility index (Phi) is 134. The first kappa shape index (κ1) is 190. The number of rotatable bonds is 12. The molecular weight excluding hydrogens is 2890 g/mol. The van der Waals surface area contributed by atoms with Gasteiger partial charge in [0.05, 0.1) is 66.8 Å². The van der Waals surface area contributed by atoms with Crippen LogP contribution in [0.4, 0.5) is 0 Å². The van der Waals surface area contributed by atoms with E-state index in [0.717, 1.165) is 39.0 Å². The minimum absolute atomic E-state index is 0. The molecule has 0 radical (unpaired) electrons. The van der Waals surface area contributed by atoms with Crippen molar-refractivity contribution >= 4 is 125 Å². The number of carboxylic acid groups (broad SMARTS) is 17. The van der Waals surface area contributed by atoms with Gasteiger partial charge in [-0.1, -0.05) is 191 Å². The third-order valence-corrected chi connectivity index (χ3v) is 16.7. The predicted octanol–water partition coefficient (Wildman–Crippen LogP) is 17.0. The van der Waals surface area contributed by atoms with Crippen LogP contribution < -0.4 is 0 Å². The molecule has 0 bridgehead atoms. The summed E-state index contributed by atoms with van der Waals surface area (Å²) < 4.78 is 4.20. The maximum Gasteiger partial charge on any atom is 2.00 e. The molecule has 10 atom stereocenters. The van der Waals surface area contributed by atoms with Gasteiger partial charge < -0.3 is 170 Å². The number of ketones is 3. The molecule has 0 heterocycles. The second-order valence-electron chi connectivity index (χ2n) is 40.6. The quantitative estimate of drug-likeness (QED) is 0.0490. The van der Waals surface area contributed by atoms with E-state index in [9.17, 15) is 47.9 Å². The molecule has 52 heteroatoms. The van der Waals surface area contributed by atoms with E-state index < -0.39 is 151 Å². The van der Waals surface area contributed by atoms with Crippen molar-refractivity contribution in [2.75, 3.05) is 7.11 Å². The molecule has 25 N–H and O–H groups in total. The molecule has 898 valence electrons. The largest absolute Gasteiger partial charge is 2.00 e. The van der Waals surface area contributed by atoms with Crippen molar-refractivity contribution in [2.24, 2.45) is 56.7 Å². The van der Waals surface area contributed by atoms with E-state index in [1.165, 1.54) is 103 Å². The van der Waals surface area contributed by atoms with Crippen molar-refractivity contribution in [3.8, 4) is 0 Å². The number of Topliss-reactive ketones (excluding diaryl/α,β-unsaturated/α-hetero) is 3. The number of methoxy groups -OCH3 is 1. The SMILES string of the molecule is CC(=O)O.CC(C)(C)C(=O)CCC(=O)O.CC(C)(C)C(=O)CCC(=O)O.CC(C)(C)C(=O)CCC(=O)O.CC(C)(C)C(=O)O.CC(C)(C)C(=O)O.CC(C)(C)O.CC(C)(C)O.CC(C)(C)O.COC(=O)CCC(=O)O.O=C(O)C(=O)O.O=C(O)C(=O)O.O=C(O)C(=O)O.O=C(O)C(=O)O.O=C(O)C(=O)O.[CH2-][C@@H]1CCCC[C@H]1[NH-].[CH2-][C@@H]1CCCC[C@H]1[NH-].[CH2-][C@@H]1CCCC[C@H]1[NH-].[CH2-][C@@H]1CCCC[C@H]1[NH-].[CH2-][C@@H]1CCCC[C@H]1[NH-].[Pt+2].[Pt+2].[Pt+2].[Pt+2].[Pt+2]. The third kappa shape index (κ3) is 192. The standard InChI is InChI=1S/3C8H14O3.5C7H13N.C5H8O4.2C5H10O2.3C4H10O.5C2H2O4.C2H4O2.5Pt/c3*1-8(2,3)6(9)4-5-7(10)11;5*1-6-4-2-3-5-7(6)8;1-9-5(8)3-2-4(6)7;2*1-5(2,3)4(6)7;3*1-4(2,3)5;5*3-1(4)2(5)6;1-2(3)4;;;;;/h3*4-5H2,1-3H3,(H,10,11);5*6-8H,1-5H2;2-3H2,1H3,(H,6,7);2*1-3H3,(H,6,7);3*5H,1-3H3;5*(H,3,4)(H,5,6);1H3,(H,3,4);;;;;/q;;;5*-2;;;;;;;;;;;;;5*+2/t;;;5*6-,7-;;;;;;;;;;;;;;;;;/m...11111................./s1. The average molecular weight is 3070 g/mol. The number of carboxylic acids is 17. The Morgan fingerprint density at radius 1 is 0.227 bits per heavy atom. The fraction of sp³-hybridized carbons (Fsp3) is 0.735. The number of ether oxygens (including phenoxy) is 1. The van der Waals surface area contributed by atoms with Gasteiger partial charge in [0, 0.05) is 42.4 Å². The summed E-state index contributed by atoms with van der Waals surface area (Å²) in [5.74, 6) is -22.7. The smallest absolute Gasteiger partial charge is 0.677 e. The summed E-state index contributed by atoms with van der Waals surface area (Å²) in [6.45, 7) is 62.3. The monoisotopic (exact) mass is 3070 g/mol. The van der Waals surface area contributed by atoms with Crippen molar-refractivity contribution in [3.05, 3.63) is 63.3 Å². The minimum Gasteiger partial charge on any atom is -0.677 e. The van der Waals surface area contributed by atoms with E-state index in [0.29, 0.717) is 29.6 Å². The van der Waals surface area contributed by atoms with Crippen molar-refractivity contribution in [1.82, 2.24) is 0 Å². The number of carbonyl (C=O) groups is 21. The van der Waals surface area contributed by atoms with Crippen molar-refractivity contribution in [3.63, 3.8) is 0 Å². The molecule has 5 fully saturated rings. The zero-order chi connectivity index (χ0) is 119. The van der Waals surface area contributed by atoms with E-state index in [2.05, 4.69) is 39.4 Å². The topological polar surface area (TPSA) is 891 Å². The Bertz CT molecular complexity index is 3160. The Hall–Kier alpha value is -7.41. The van der Waals surface area contributed by atoms with Gasteiger partial charge in [0.15, 0.2) is 0 Å². The Labute approximate surface area is 957 Å². The van der Waals surface area contributed by atoms with Crippen LogP contribution in [0.2, 0.25) is 0 Å². The van der Waals surface area contributed by atoms with Gasteiger partial charge in [-0.3, -0.25) is 52.7 Å². The van der Waals surface area contributed by atoms with Crippen molar-refractivity contribution in [2.45, 2.75) is 400 Å². The van der Waals surface area contributed by atoms with E-state index in [1.54, 1.807) is 166 Å². The molecule has 0 aromatic rings. The van der Waals surface area contributed by atoms with Gasteiger partial charge in [0.25, 0.3) is 5.97 Å². The Morgan fingerprint density at radius 2 is 0.327 bits per heavy atom. The van der Waals surface area contributed by atoms with E-state index >= 15 is 0 Å². The number of nitrogens with one attached hydrogen (secondary N) is 5. The van der Waals surface area contributed by atoms with Crippen molar-refractivity contribution in [1.29, 1.82) is 0 Å². The zero-order valence-corrected chi connectivity index (χ0v) is 103. The average Bonchev–Trinajstić information content (AvgIpc) is 0.915. The number of hydrogen-bond acceptors (Lipinski definition) is 25. The Morgan fingerprint density at radius 3 is 0.387 bits per heavy atom. The summed E-state index contributed by atoms with van der Waals surface area (Å²) in [5.41, 5.74) is 33.2. The minimum atomic E-state index is -1.82. The molecule has 0 aliphatic heterocycles. The molecule has 0 amide bonds. The summed E-state index contributed by atoms with van der Waals surface area (Å²) in [5, 5.41) is 156. The number of carbonyl (C=O) groups excluding carboxylic acids is 4. The zero-order valence-electron chi connectivity index (χ0n) is 91.6. The van der Waals surface area contributed by atoms with Gasteiger partial charge in [-0.05, 0) is 104 Å². The van der Waals surface area contributed by atoms with Gasteiger partial charge in [-0.25, -0.2) is 47.9 Å². The summed E-state index contributed by atoms with van der Waals surface area (Å²) >= 11 is 0. The summed E-state index contributed by atoms with van der Waals surface area (Å²) in [4.78, 5) is 204. The van der Waals surface area contributed by atoms with E-state index in [1.807, 2.05) is 0 Å². The summed E-state index contributed by atoms with van der Waals surface area (Å²) in [6.07, 6.45) is 24.0. The Balaban J connectivity index is -0.0000000661. The first-order chi connectivity index (χ1) is 64.5. The van der Waals surface area contributed by atoms with Gasteiger partial charge in [0.2, 0.25) is 0 Å². The van der Waals surface area contributed by atoms with Crippen LogP contribution in [0.5, 0.6) is 0 Å². The first-order valence-electron chi connectivity index (χ1n) is 45.9. The van der Waals surface area contributed by atoms with E-state index in [-0.39, 0.29) is 204 Å². The van der Waals surface area contributed by atoms with Gasteiger partial charge in [0.1, 0.15) is 17.3 Å². The fourth-order valence-electron chi connectivity index (χ4n) is 8.14. The molecule has 5 rings (SSSR count). The number of aliphatic hydroxyl groups is 3. The second-order valence-corrected chi connectivity index (χ2v) is 40.6. The van der Waals surface area contributed by atoms with Crippen LogP contribution in [0.3, 0.4) is 0 Å². The summed E-state index contributed by atoms with van der Waals surface area (Å²) in [6, 6.07) is 0.712. The van der Waals surface area contributed by atoms with Crippen LogP contribution in [0.1, 0.15) is 353 Å². The fourth-order valence-corrected chi connectivity index (χ4v) is 8.14. The molecule has 0 spiro atoms. The number of hydrogen-bond donors (Lipinski definition) is 20. The van der Waals surface area contributed by atoms with Crippen LogP contribution in [-0.2, 0) is 211 Å². The second kappa shape index (κ2) is 106. The van der Waals surface area contributed by atoms with Crippen LogP contribution >= 0.6 is 0 Å². The summed E-state index contributed by atoms with van der Waals surface area (Å²) in [7, 11) is 1.23. The maximum absolute atomic E-state index is 11.1. The van der Waals surface area contributed by atoms with Crippen LogP contribution in [0, 0.1) is 91.3 Å². The molecule has 0 aromatic carbocycles. The normalized spacial score (nSPS) is 17.5. The van der Waals surface area contributed by atoms with Gasteiger partial charge in [-0.15, -0.1) is 0 Å². The van der Waals surface area contributed by atoms with Crippen LogP contribution in [0.15, 0.2) is 0 Å². The molecule has 5 aliphatic carbocycles. The molecule has 150 heavy (non-hydrogen) atoms. The third-order valence-electron chi connectivity index (χ3n) is 16.7. The molecule has 0 aromatic heterocycles. The van der Waals surface area contributed by atoms with E-state index in [4.69, 9.17) is 184 Å².